The largest absolute Gasteiger partial charge is 0.354 e. The first-order valence-corrected chi connectivity index (χ1v) is 11.9. The van der Waals surface area contributed by atoms with E-state index in [-0.39, 0.29) is 17.6 Å². The van der Waals surface area contributed by atoms with E-state index in [1.165, 1.54) is 11.8 Å². The van der Waals surface area contributed by atoms with Gasteiger partial charge in [0.05, 0.1) is 15.8 Å². The van der Waals surface area contributed by atoms with Crippen LogP contribution in [0.5, 0.6) is 0 Å². The number of benzene rings is 2. The van der Waals surface area contributed by atoms with Crippen LogP contribution in [0.1, 0.15) is 38.7 Å². The van der Waals surface area contributed by atoms with E-state index in [0.717, 1.165) is 23.3 Å². The van der Waals surface area contributed by atoms with E-state index >= 15 is 0 Å². The van der Waals surface area contributed by atoms with Gasteiger partial charge in [-0.05, 0) is 42.7 Å². The molecule has 0 aliphatic heterocycles. The maximum atomic E-state index is 13.2. The first kappa shape index (κ1) is 24.6. The Kier molecular flexibility index (Phi) is 10.6. The number of amides is 2. The second-order valence-electron chi connectivity index (χ2n) is 6.94. The Bertz CT molecular complexity index is 833. The maximum Gasteiger partial charge on any atom is 0.242 e. The van der Waals surface area contributed by atoms with Gasteiger partial charge in [-0.2, -0.15) is 0 Å². The fourth-order valence-electron chi connectivity index (χ4n) is 3.01. The fourth-order valence-corrected chi connectivity index (χ4v) is 4.13. The zero-order chi connectivity index (χ0) is 21.9. The predicted molar refractivity (Wildman–Crippen MR) is 126 cm³/mol. The molecule has 0 aliphatic carbocycles. The highest BCUT2D eigenvalue weighted by Gasteiger charge is 2.28. The minimum atomic E-state index is -0.541. The lowest BCUT2D eigenvalue weighted by Crippen LogP contribution is -2.49. The Morgan fingerprint density at radius 1 is 1.07 bits per heavy atom. The summed E-state index contributed by atoms with van der Waals surface area (Å²) in [4.78, 5) is 28.7. The van der Waals surface area contributed by atoms with Crippen LogP contribution in [-0.2, 0) is 16.1 Å². The van der Waals surface area contributed by atoms with E-state index in [2.05, 4.69) is 12.2 Å². The molecular formula is C23H28Cl2N2O2S. The molecule has 0 bridgehead atoms. The Hall–Kier alpha value is -1.69. The van der Waals surface area contributed by atoms with Crippen LogP contribution in [0.2, 0.25) is 10.0 Å². The zero-order valence-electron chi connectivity index (χ0n) is 17.4. The monoisotopic (exact) mass is 466 g/mol. The van der Waals surface area contributed by atoms with Gasteiger partial charge in [0.1, 0.15) is 6.04 Å². The van der Waals surface area contributed by atoms with Crippen molar-refractivity contribution in [1.29, 1.82) is 0 Å². The summed E-state index contributed by atoms with van der Waals surface area (Å²) in [5.74, 6) is 0.0425. The van der Waals surface area contributed by atoms with Crippen molar-refractivity contribution in [1.82, 2.24) is 10.2 Å². The summed E-state index contributed by atoms with van der Waals surface area (Å²) in [6.45, 7) is 4.90. The topological polar surface area (TPSA) is 49.4 Å². The van der Waals surface area contributed by atoms with E-state index in [1.54, 1.807) is 17.0 Å². The molecule has 30 heavy (non-hydrogen) atoms. The summed E-state index contributed by atoms with van der Waals surface area (Å²) in [5.41, 5.74) is 0.835. The molecule has 4 nitrogen and oxygen atoms in total. The number of halogens is 2. The van der Waals surface area contributed by atoms with Crippen molar-refractivity contribution in [3.8, 4) is 0 Å². The van der Waals surface area contributed by atoms with Crippen molar-refractivity contribution in [3.63, 3.8) is 0 Å². The molecule has 0 aromatic heterocycles. The van der Waals surface area contributed by atoms with Gasteiger partial charge in [0.25, 0.3) is 0 Å². The van der Waals surface area contributed by atoms with E-state index in [0.29, 0.717) is 29.6 Å². The molecule has 0 radical (unpaired) electrons. The van der Waals surface area contributed by atoms with Crippen LogP contribution in [0.4, 0.5) is 0 Å². The first-order valence-electron chi connectivity index (χ1n) is 10.1. The second-order valence-corrected chi connectivity index (χ2v) is 8.80. The molecule has 2 rings (SSSR count). The molecule has 1 N–H and O–H groups in total. The Morgan fingerprint density at radius 2 is 1.80 bits per heavy atom. The van der Waals surface area contributed by atoms with Gasteiger partial charge in [-0.25, -0.2) is 0 Å². The van der Waals surface area contributed by atoms with Crippen molar-refractivity contribution in [2.45, 2.75) is 50.6 Å². The number of carbonyl (C=O) groups excluding carboxylic acids is 2. The summed E-state index contributed by atoms with van der Waals surface area (Å²) in [5, 5.41) is 3.85. The molecule has 2 aromatic carbocycles. The van der Waals surface area contributed by atoms with Gasteiger partial charge in [0.15, 0.2) is 0 Å². The molecule has 1 atom stereocenters. The van der Waals surface area contributed by atoms with Gasteiger partial charge in [0, 0.05) is 18.0 Å². The number of nitrogens with zero attached hydrogens (tertiary/aromatic N) is 1. The highest BCUT2D eigenvalue weighted by atomic mass is 35.5. The standard InChI is InChI=1S/C23H28Cl2N2O2S/c1-3-5-13-26-23(29)21(4-2)27(15-17-11-12-19(24)20(25)14-17)22(28)16-30-18-9-7-6-8-10-18/h6-12,14,21H,3-5,13,15-16H2,1-2H3,(H,26,29)/t21-/m0/s1. The third kappa shape index (κ3) is 7.53. The normalized spacial score (nSPS) is 11.7. The van der Waals surface area contributed by atoms with Gasteiger partial charge in [-0.1, -0.05) is 67.7 Å². The quantitative estimate of drug-likeness (QED) is 0.335. The summed E-state index contributed by atoms with van der Waals surface area (Å²) >= 11 is 13.7. The zero-order valence-corrected chi connectivity index (χ0v) is 19.7. The Labute approximate surface area is 193 Å². The number of nitrogens with one attached hydrogen (secondary N) is 1. The van der Waals surface area contributed by atoms with Crippen LogP contribution < -0.4 is 5.32 Å². The highest BCUT2D eigenvalue weighted by Crippen LogP contribution is 2.25. The number of hydrogen-bond acceptors (Lipinski definition) is 3. The summed E-state index contributed by atoms with van der Waals surface area (Å²) in [6.07, 6.45) is 2.44. The van der Waals surface area contributed by atoms with Crippen molar-refractivity contribution >= 4 is 46.8 Å². The molecule has 0 spiro atoms. The lowest BCUT2D eigenvalue weighted by atomic mass is 10.1. The molecule has 2 amide bonds. The molecule has 0 saturated carbocycles. The van der Waals surface area contributed by atoms with Gasteiger partial charge in [-0.3, -0.25) is 9.59 Å². The average Bonchev–Trinajstić information content (AvgIpc) is 2.75. The van der Waals surface area contributed by atoms with E-state index < -0.39 is 6.04 Å². The van der Waals surface area contributed by atoms with Gasteiger partial charge >= 0.3 is 0 Å². The molecular weight excluding hydrogens is 439 g/mol. The number of hydrogen-bond donors (Lipinski definition) is 1. The maximum absolute atomic E-state index is 13.2. The number of thioether (sulfide) groups is 1. The Balaban J connectivity index is 2.19. The third-order valence-electron chi connectivity index (χ3n) is 4.66. The van der Waals surface area contributed by atoms with Crippen LogP contribution >= 0.6 is 35.0 Å². The smallest absolute Gasteiger partial charge is 0.242 e. The van der Waals surface area contributed by atoms with Gasteiger partial charge in [0.2, 0.25) is 11.8 Å². The second kappa shape index (κ2) is 12.9. The minimum Gasteiger partial charge on any atom is -0.354 e. The average molecular weight is 467 g/mol. The number of unbranched alkanes of at least 4 members (excludes halogenated alkanes) is 1. The SMILES string of the molecule is CCCCNC(=O)[C@H](CC)N(Cc1ccc(Cl)c(Cl)c1)C(=O)CSc1ccccc1. The molecule has 0 fully saturated rings. The predicted octanol–water partition coefficient (Wildman–Crippen LogP) is 5.81. The van der Waals surface area contributed by atoms with Crippen molar-refractivity contribution in [3.05, 3.63) is 64.1 Å². The van der Waals surface area contributed by atoms with Crippen molar-refractivity contribution < 1.29 is 9.59 Å². The Morgan fingerprint density at radius 3 is 2.43 bits per heavy atom. The van der Waals surface area contributed by atoms with E-state index in [1.807, 2.05) is 43.3 Å². The van der Waals surface area contributed by atoms with Crippen LogP contribution in [-0.4, -0.2) is 35.1 Å². The molecule has 162 valence electrons. The highest BCUT2D eigenvalue weighted by molar-refractivity contribution is 8.00. The molecule has 0 heterocycles. The lowest BCUT2D eigenvalue weighted by molar-refractivity contribution is -0.139. The number of carbonyl (C=O) groups is 2. The first-order chi connectivity index (χ1) is 14.5. The van der Waals surface area contributed by atoms with Crippen LogP contribution in [0.25, 0.3) is 0 Å². The van der Waals surface area contributed by atoms with Gasteiger partial charge in [-0.15, -0.1) is 11.8 Å². The molecule has 0 saturated heterocycles. The van der Waals surface area contributed by atoms with Crippen LogP contribution in [0.3, 0.4) is 0 Å². The summed E-state index contributed by atoms with van der Waals surface area (Å²) in [7, 11) is 0. The third-order valence-corrected chi connectivity index (χ3v) is 6.39. The molecule has 0 unspecified atom stereocenters. The number of rotatable bonds is 11. The summed E-state index contributed by atoms with van der Waals surface area (Å²) in [6, 6.07) is 14.5. The van der Waals surface area contributed by atoms with E-state index in [9.17, 15) is 9.59 Å². The molecule has 0 aliphatic rings. The van der Waals surface area contributed by atoms with Crippen LogP contribution in [0, 0.1) is 0 Å². The molecule has 2 aromatic rings. The van der Waals surface area contributed by atoms with E-state index in [4.69, 9.17) is 23.2 Å². The summed E-state index contributed by atoms with van der Waals surface area (Å²) < 4.78 is 0. The van der Waals surface area contributed by atoms with Crippen molar-refractivity contribution in [2.24, 2.45) is 0 Å². The minimum absolute atomic E-state index is 0.0904. The van der Waals surface area contributed by atoms with Crippen molar-refractivity contribution in [2.75, 3.05) is 12.3 Å². The lowest BCUT2D eigenvalue weighted by Gasteiger charge is -2.30. The van der Waals surface area contributed by atoms with Crippen LogP contribution in [0.15, 0.2) is 53.4 Å². The fraction of sp³-hybridized carbons (Fsp3) is 0.391. The molecule has 7 heteroatoms. The van der Waals surface area contributed by atoms with Gasteiger partial charge < -0.3 is 10.2 Å².